The molecule has 88 valence electrons. The predicted molar refractivity (Wildman–Crippen MR) is 66.2 cm³/mol. The van der Waals surface area contributed by atoms with Crippen LogP contribution in [0.1, 0.15) is 37.0 Å². The van der Waals surface area contributed by atoms with E-state index in [2.05, 4.69) is 11.8 Å². The summed E-state index contributed by atoms with van der Waals surface area (Å²) in [6.07, 6.45) is 2.20. The molecule has 0 saturated carbocycles. The summed E-state index contributed by atoms with van der Waals surface area (Å²) in [6, 6.07) is 7.19. The lowest BCUT2D eigenvalue weighted by atomic mass is 10.1. The molecule has 1 N–H and O–H groups in total. The first kappa shape index (κ1) is 12.6. The molecule has 0 heterocycles. The Balaban J connectivity index is 2.94. The molecule has 0 bridgehead atoms. The summed E-state index contributed by atoms with van der Waals surface area (Å²) in [7, 11) is 0. The molecule has 0 saturated heterocycles. The first-order chi connectivity index (χ1) is 7.70. The van der Waals surface area contributed by atoms with Gasteiger partial charge in [0.1, 0.15) is 0 Å². The summed E-state index contributed by atoms with van der Waals surface area (Å²) >= 11 is 0. The van der Waals surface area contributed by atoms with Gasteiger partial charge in [-0.2, -0.15) is 0 Å². The zero-order chi connectivity index (χ0) is 12.0. The Kier molecular flexibility index (Phi) is 4.83. The second kappa shape index (κ2) is 6.16. The Morgan fingerprint density at radius 3 is 2.56 bits per heavy atom. The van der Waals surface area contributed by atoms with E-state index in [9.17, 15) is 4.79 Å². The SMILES string of the molecule is CCCCN(CC)c1ccccc1C(=O)O. The number of nitrogens with zero attached hydrogens (tertiary/aromatic N) is 1. The van der Waals surface area contributed by atoms with Crippen LogP contribution in [-0.2, 0) is 0 Å². The van der Waals surface area contributed by atoms with Crippen LogP contribution in [0.25, 0.3) is 0 Å². The summed E-state index contributed by atoms with van der Waals surface area (Å²) < 4.78 is 0. The zero-order valence-corrected chi connectivity index (χ0v) is 9.94. The van der Waals surface area contributed by atoms with Crippen molar-refractivity contribution in [1.82, 2.24) is 0 Å². The van der Waals surface area contributed by atoms with Crippen LogP contribution in [0.5, 0.6) is 0 Å². The molecule has 0 spiro atoms. The van der Waals surface area contributed by atoms with Crippen molar-refractivity contribution in [3.05, 3.63) is 29.8 Å². The average Bonchev–Trinajstić information content (AvgIpc) is 2.30. The highest BCUT2D eigenvalue weighted by Gasteiger charge is 2.13. The quantitative estimate of drug-likeness (QED) is 0.802. The molecular weight excluding hydrogens is 202 g/mol. The van der Waals surface area contributed by atoms with Gasteiger partial charge in [-0.1, -0.05) is 25.5 Å². The van der Waals surface area contributed by atoms with Gasteiger partial charge in [0.2, 0.25) is 0 Å². The molecule has 3 nitrogen and oxygen atoms in total. The Morgan fingerprint density at radius 1 is 1.31 bits per heavy atom. The van der Waals surface area contributed by atoms with Crippen LogP contribution in [0, 0.1) is 0 Å². The minimum absolute atomic E-state index is 0.389. The third kappa shape index (κ3) is 2.99. The van der Waals surface area contributed by atoms with Crippen molar-refractivity contribution in [2.75, 3.05) is 18.0 Å². The molecule has 1 aromatic rings. The summed E-state index contributed by atoms with van der Waals surface area (Å²) in [6.45, 7) is 5.94. The van der Waals surface area contributed by atoms with Crippen molar-refractivity contribution in [3.8, 4) is 0 Å². The molecule has 0 radical (unpaired) electrons. The van der Waals surface area contributed by atoms with Gasteiger partial charge in [0, 0.05) is 13.1 Å². The maximum Gasteiger partial charge on any atom is 0.337 e. The lowest BCUT2D eigenvalue weighted by Crippen LogP contribution is -2.25. The van der Waals surface area contributed by atoms with Gasteiger partial charge in [0.25, 0.3) is 0 Å². The van der Waals surface area contributed by atoms with E-state index in [0.29, 0.717) is 5.56 Å². The highest BCUT2D eigenvalue weighted by molar-refractivity contribution is 5.94. The molecule has 0 fully saturated rings. The van der Waals surface area contributed by atoms with Crippen LogP contribution in [0.2, 0.25) is 0 Å². The highest BCUT2D eigenvalue weighted by Crippen LogP contribution is 2.20. The fraction of sp³-hybridized carbons (Fsp3) is 0.462. The van der Waals surface area contributed by atoms with Gasteiger partial charge in [-0.05, 0) is 25.5 Å². The average molecular weight is 221 g/mol. The van der Waals surface area contributed by atoms with Crippen molar-refractivity contribution >= 4 is 11.7 Å². The van der Waals surface area contributed by atoms with Crippen LogP contribution in [-0.4, -0.2) is 24.2 Å². The van der Waals surface area contributed by atoms with Gasteiger partial charge in [0.05, 0.1) is 11.3 Å². The van der Waals surface area contributed by atoms with Gasteiger partial charge < -0.3 is 10.0 Å². The minimum atomic E-state index is -0.856. The monoisotopic (exact) mass is 221 g/mol. The second-order valence-corrected chi connectivity index (χ2v) is 3.76. The molecule has 0 aliphatic rings. The molecule has 0 aromatic heterocycles. The molecule has 0 unspecified atom stereocenters. The summed E-state index contributed by atoms with van der Waals surface area (Å²) in [5, 5.41) is 9.11. The first-order valence-electron chi connectivity index (χ1n) is 5.78. The Morgan fingerprint density at radius 2 is 2.00 bits per heavy atom. The van der Waals surface area contributed by atoms with E-state index in [1.807, 2.05) is 19.1 Å². The van der Waals surface area contributed by atoms with Crippen LogP contribution < -0.4 is 4.90 Å². The van der Waals surface area contributed by atoms with E-state index < -0.39 is 5.97 Å². The van der Waals surface area contributed by atoms with Crippen molar-refractivity contribution in [1.29, 1.82) is 0 Å². The molecule has 3 heteroatoms. The zero-order valence-electron chi connectivity index (χ0n) is 9.94. The molecule has 0 aliphatic carbocycles. The van der Waals surface area contributed by atoms with E-state index in [4.69, 9.17) is 5.11 Å². The number of aromatic carboxylic acids is 1. The van der Waals surface area contributed by atoms with Crippen LogP contribution in [0.3, 0.4) is 0 Å². The molecule has 0 aliphatic heterocycles. The molecule has 0 atom stereocenters. The molecule has 1 rings (SSSR count). The largest absolute Gasteiger partial charge is 0.478 e. The number of unbranched alkanes of at least 4 members (excludes halogenated alkanes) is 1. The number of para-hydroxylation sites is 1. The van der Waals surface area contributed by atoms with Gasteiger partial charge in [0.15, 0.2) is 0 Å². The highest BCUT2D eigenvalue weighted by atomic mass is 16.4. The Labute approximate surface area is 96.7 Å². The maximum absolute atomic E-state index is 11.1. The summed E-state index contributed by atoms with van der Waals surface area (Å²) in [5.74, 6) is -0.856. The van der Waals surface area contributed by atoms with Gasteiger partial charge >= 0.3 is 5.97 Å². The number of rotatable bonds is 6. The van der Waals surface area contributed by atoms with Crippen LogP contribution in [0.4, 0.5) is 5.69 Å². The van der Waals surface area contributed by atoms with E-state index >= 15 is 0 Å². The van der Waals surface area contributed by atoms with Gasteiger partial charge in [-0.25, -0.2) is 4.79 Å². The number of hydrogen-bond acceptors (Lipinski definition) is 2. The molecular formula is C13H19NO2. The minimum Gasteiger partial charge on any atom is -0.478 e. The molecule has 1 aromatic carbocycles. The Bertz CT molecular complexity index is 350. The molecule has 0 amide bonds. The normalized spacial score (nSPS) is 10.1. The third-order valence-corrected chi connectivity index (χ3v) is 2.64. The van der Waals surface area contributed by atoms with Gasteiger partial charge in [-0.3, -0.25) is 0 Å². The summed E-state index contributed by atoms with van der Waals surface area (Å²) in [4.78, 5) is 13.2. The molecule has 16 heavy (non-hydrogen) atoms. The smallest absolute Gasteiger partial charge is 0.337 e. The number of benzene rings is 1. The second-order valence-electron chi connectivity index (χ2n) is 3.76. The number of carbonyl (C=O) groups is 1. The van der Waals surface area contributed by atoms with E-state index in [1.165, 1.54) is 0 Å². The predicted octanol–water partition coefficient (Wildman–Crippen LogP) is 3.01. The van der Waals surface area contributed by atoms with Crippen molar-refractivity contribution < 1.29 is 9.90 Å². The van der Waals surface area contributed by atoms with Crippen LogP contribution in [0.15, 0.2) is 24.3 Å². The van der Waals surface area contributed by atoms with Gasteiger partial charge in [-0.15, -0.1) is 0 Å². The first-order valence-corrected chi connectivity index (χ1v) is 5.78. The third-order valence-electron chi connectivity index (χ3n) is 2.64. The lowest BCUT2D eigenvalue weighted by Gasteiger charge is -2.24. The maximum atomic E-state index is 11.1. The van der Waals surface area contributed by atoms with Crippen molar-refractivity contribution in [2.24, 2.45) is 0 Å². The number of carboxylic acid groups (broad SMARTS) is 1. The van der Waals surface area contributed by atoms with E-state index in [1.54, 1.807) is 12.1 Å². The number of carboxylic acids is 1. The van der Waals surface area contributed by atoms with Crippen LogP contribution >= 0.6 is 0 Å². The number of hydrogen-bond donors (Lipinski definition) is 1. The topological polar surface area (TPSA) is 40.5 Å². The van der Waals surface area contributed by atoms with Crippen molar-refractivity contribution in [3.63, 3.8) is 0 Å². The lowest BCUT2D eigenvalue weighted by molar-refractivity contribution is 0.0697. The van der Waals surface area contributed by atoms with Crippen molar-refractivity contribution in [2.45, 2.75) is 26.7 Å². The standard InChI is InChI=1S/C13H19NO2/c1-3-5-10-14(4-2)12-9-7-6-8-11(12)13(15)16/h6-9H,3-5,10H2,1-2H3,(H,15,16). The number of anilines is 1. The van der Waals surface area contributed by atoms with E-state index in [-0.39, 0.29) is 0 Å². The summed E-state index contributed by atoms with van der Waals surface area (Å²) in [5.41, 5.74) is 1.21. The Hall–Kier alpha value is -1.51. The fourth-order valence-electron chi connectivity index (χ4n) is 1.73. The fourth-order valence-corrected chi connectivity index (χ4v) is 1.73. The van der Waals surface area contributed by atoms with E-state index in [0.717, 1.165) is 31.6 Å².